The third-order valence-corrected chi connectivity index (χ3v) is 7.24. The number of benzene rings is 3. The number of nitrogens with one attached hydrogen (secondary N) is 3. The molecule has 6 aromatic rings. The van der Waals surface area contributed by atoms with Crippen LogP contribution in [0.5, 0.6) is 0 Å². The number of para-hydroxylation sites is 1. The molecule has 0 aliphatic heterocycles. The SMILES string of the molecule is CC(c1nc2ccc(N=C(N)N)cc2[nH]1)c1nc2ccc(C(=O)NCCn3c(=O)[nH]c(=O)c4ccccc43)cc2n1C. The number of nitrogens with zero attached hydrogens (tertiary/aromatic N) is 5. The van der Waals surface area contributed by atoms with Crippen molar-refractivity contribution < 1.29 is 4.79 Å². The van der Waals surface area contributed by atoms with Gasteiger partial charge in [0.2, 0.25) is 0 Å². The lowest BCUT2D eigenvalue weighted by Gasteiger charge is -2.11. The monoisotopic (exact) mass is 564 g/mol. The molecule has 3 aromatic heterocycles. The Morgan fingerprint density at radius 1 is 1.00 bits per heavy atom. The van der Waals surface area contributed by atoms with Crippen LogP contribution in [0.15, 0.2) is 75.2 Å². The molecule has 6 rings (SSSR count). The van der Waals surface area contributed by atoms with E-state index in [4.69, 9.17) is 21.4 Å². The number of rotatable bonds is 7. The highest BCUT2D eigenvalue weighted by Gasteiger charge is 2.20. The number of imidazole rings is 2. The minimum absolute atomic E-state index is 0.0203. The molecule has 13 nitrogen and oxygen atoms in total. The first-order valence-corrected chi connectivity index (χ1v) is 13.3. The number of hydrogen-bond acceptors (Lipinski definition) is 6. The fraction of sp³-hybridized carbons (Fsp3) is 0.172. The largest absolute Gasteiger partial charge is 0.370 e. The zero-order valence-corrected chi connectivity index (χ0v) is 22.9. The van der Waals surface area contributed by atoms with E-state index in [1.165, 1.54) is 4.57 Å². The molecule has 13 heteroatoms. The van der Waals surface area contributed by atoms with E-state index < -0.39 is 11.2 Å². The highest BCUT2D eigenvalue weighted by Crippen LogP contribution is 2.28. The number of H-pyrrole nitrogens is 2. The van der Waals surface area contributed by atoms with Gasteiger partial charge in [-0.2, -0.15) is 0 Å². The van der Waals surface area contributed by atoms with E-state index >= 15 is 0 Å². The minimum atomic E-state index is -0.524. The van der Waals surface area contributed by atoms with E-state index in [0.29, 0.717) is 22.2 Å². The Labute approximate surface area is 237 Å². The van der Waals surface area contributed by atoms with Gasteiger partial charge in [-0.05, 0) is 55.5 Å². The number of aromatic nitrogens is 6. The summed E-state index contributed by atoms with van der Waals surface area (Å²) in [5.41, 5.74) is 14.7. The molecule has 0 spiro atoms. The van der Waals surface area contributed by atoms with Gasteiger partial charge in [0.1, 0.15) is 11.6 Å². The second kappa shape index (κ2) is 10.4. The number of carbonyl (C=O) groups is 1. The van der Waals surface area contributed by atoms with E-state index in [-0.39, 0.29) is 30.9 Å². The first-order chi connectivity index (χ1) is 20.2. The lowest BCUT2D eigenvalue weighted by atomic mass is 10.1. The third kappa shape index (κ3) is 4.76. The van der Waals surface area contributed by atoms with Gasteiger partial charge in [-0.15, -0.1) is 0 Å². The molecule has 1 amide bonds. The van der Waals surface area contributed by atoms with Crippen molar-refractivity contribution in [2.45, 2.75) is 19.4 Å². The van der Waals surface area contributed by atoms with E-state index in [9.17, 15) is 14.4 Å². The van der Waals surface area contributed by atoms with Crippen molar-refractivity contribution >= 4 is 50.5 Å². The fourth-order valence-electron chi connectivity index (χ4n) is 5.15. The van der Waals surface area contributed by atoms with Gasteiger partial charge in [-0.25, -0.2) is 19.8 Å². The van der Waals surface area contributed by atoms with Crippen LogP contribution >= 0.6 is 0 Å². The molecule has 0 radical (unpaired) electrons. The molecule has 0 fully saturated rings. The highest BCUT2D eigenvalue weighted by molar-refractivity contribution is 5.97. The summed E-state index contributed by atoms with van der Waals surface area (Å²) in [4.78, 5) is 56.8. The normalized spacial score (nSPS) is 12.1. The Balaban J connectivity index is 1.21. The second-order valence-electron chi connectivity index (χ2n) is 10.00. The van der Waals surface area contributed by atoms with Crippen molar-refractivity contribution in [2.24, 2.45) is 23.5 Å². The van der Waals surface area contributed by atoms with Crippen LogP contribution < -0.4 is 28.0 Å². The summed E-state index contributed by atoms with van der Waals surface area (Å²) < 4.78 is 3.38. The molecule has 212 valence electrons. The summed E-state index contributed by atoms with van der Waals surface area (Å²) in [7, 11) is 1.90. The van der Waals surface area contributed by atoms with Crippen LogP contribution in [0.2, 0.25) is 0 Å². The lowest BCUT2D eigenvalue weighted by molar-refractivity contribution is 0.0952. The predicted octanol–water partition coefficient (Wildman–Crippen LogP) is 1.94. The molecule has 1 unspecified atom stereocenters. The summed E-state index contributed by atoms with van der Waals surface area (Å²) in [5, 5.41) is 3.28. The maximum Gasteiger partial charge on any atom is 0.328 e. The number of hydrogen-bond donors (Lipinski definition) is 5. The predicted molar refractivity (Wildman–Crippen MR) is 161 cm³/mol. The number of nitrogens with two attached hydrogens (primary N) is 2. The van der Waals surface area contributed by atoms with E-state index in [1.54, 1.807) is 48.5 Å². The van der Waals surface area contributed by atoms with Crippen molar-refractivity contribution in [2.75, 3.05) is 6.54 Å². The molecule has 0 aliphatic rings. The molecule has 7 N–H and O–H groups in total. The average molecular weight is 565 g/mol. The van der Waals surface area contributed by atoms with Crippen molar-refractivity contribution in [1.82, 2.24) is 34.4 Å². The number of guanidine groups is 1. The van der Waals surface area contributed by atoms with Gasteiger partial charge < -0.3 is 26.3 Å². The Bertz CT molecular complexity index is 2150. The van der Waals surface area contributed by atoms with Crippen LogP contribution in [-0.4, -0.2) is 47.5 Å². The number of aliphatic imine (C=N–C) groups is 1. The van der Waals surface area contributed by atoms with E-state index in [2.05, 4.69) is 20.3 Å². The van der Waals surface area contributed by atoms with E-state index in [0.717, 1.165) is 33.7 Å². The first kappa shape index (κ1) is 26.5. The van der Waals surface area contributed by atoms with Crippen molar-refractivity contribution in [3.8, 4) is 0 Å². The van der Waals surface area contributed by atoms with E-state index in [1.807, 2.05) is 30.7 Å². The van der Waals surface area contributed by atoms with Crippen LogP contribution in [0.4, 0.5) is 5.69 Å². The summed E-state index contributed by atoms with van der Waals surface area (Å²) in [6.45, 7) is 2.39. The van der Waals surface area contributed by atoms with Gasteiger partial charge in [-0.3, -0.25) is 19.1 Å². The number of aromatic amines is 2. The number of aryl methyl sites for hydroxylation is 1. The maximum absolute atomic E-state index is 13.0. The summed E-state index contributed by atoms with van der Waals surface area (Å²) in [6, 6.07) is 17.6. The van der Waals surface area contributed by atoms with Crippen LogP contribution in [0.3, 0.4) is 0 Å². The molecular formula is C29H28N10O3. The molecule has 0 saturated heterocycles. The smallest absolute Gasteiger partial charge is 0.328 e. The van der Waals surface area contributed by atoms with Crippen LogP contribution in [-0.2, 0) is 13.6 Å². The van der Waals surface area contributed by atoms with Crippen LogP contribution in [0.1, 0.15) is 34.8 Å². The third-order valence-electron chi connectivity index (χ3n) is 7.24. The summed E-state index contributed by atoms with van der Waals surface area (Å²) in [5.74, 6) is 1.02. The second-order valence-corrected chi connectivity index (χ2v) is 10.00. The highest BCUT2D eigenvalue weighted by atomic mass is 16.2. The Kier molecular flexibility index (Phi) is 6.53. The Morgan fingerprint density at radius 2 is 1.79 bits per heavy atom. The number of carbonyl (C=O) groups excluding carboxylic acids is 1. The van der Waals surface area contributed by atoms with Gasteiger partial charge in [0.05, 0.1) is 44.6 Å². The van der Waals surface area contributed by atoms with Crippen molar-refractivity contribution in [3.63, 3.8) is 0 Å². The fourth-order valence-corrected chi connectivity index (χ4v) is 5.15. The topological polar surface area (TPSA) is 195 Å². The molecule has 3 heterocycles. The maximum atomic E-state index is 13.0. The molecule has 0 bridgehead atoms. The van der Waals surface area contributed by atoms with Crippen molar-refractivity contribution in [1.29, 1.82) is 0 Å². The van der Waals surface area contributed by atoms with Gasteiger partial charge in [-0.1, -0.05) is 12.1 Å². The molecule has 1 atom stereocenters. The van der Waals surface area contributed by atoms with Gasteiger partial charge in [0, 0.05) is 25.7 Å². The molecule has 0 aliphatic carbocycles. The zero-order valence-electron chi connectivity index (χ0n) is 22.9. The summed E-state index contributed by atoms with van der Waals surface area (Å²) in [6.07, 6.45) is 0. The number of fused-ring (bicyclic) bond motifs is 3. The quantitative estimate of drug-likeness (QED) is 0.144. The Morgan fingerprint density at radius 3 is 2.60 bits per heavy atom. The minimum Gasteiger partial charge on any atom is -0.370 e. The first-order valence-electron chi connectivity index (χ1n) is 13.3. The zero-order chi connectivity index (χ0) is 29.5. The van der Waals surface area contributed by atoms with Crippen LogP contribution in [0, 0.1) is 0 Å². The standard InChI is InChI=1S/C29H28N10O3/c1-15(24-34-19-10-8-17(33-28(30)31)14-21(19)35-24)25-36-20-9-7-16(13-23(20)38(25)2)26(40)32-11-12-39-22-6-4-3-5-18(22)27(41)37-29(39)42/h3-10,13-15H,11-12H2,1-2H3,(H,32,40)(H,34,35)(H4,30,31,33)(H,37,41,42). The van der Waals surface area contributed by atoms with Gasteiger partial charge in [0.25, 0.3) is 11.5 Å². The molecule has 42 heavy (non-hydrogen) atoms. The number of amides is 1. The molecule has 3 aromatic carbocycles. The lowest BCUT2D eigenvalue weighted by Crippen LogP contribution is -2.34. The average Bonchev–Trinajstić information content (AvgIpc) is 3.54. The summed E-state index contributed by atoms with van der Waals surface area (Å²) >= 11 is 0. The van der Waals surface area contributed by atoms with Crippen molar-refractivity contribution in [3.05, 3.63) is 98.7 Å². The molecule has 0 saturated carbocycles. The Hall–Kier alpha value is -5.72. The molecular weight excluding hydrogens is 536 g/mol. The van der Waals surface area contributed by atoms with Gasteiger partial charge in [0.15, 0.2) is 5.96 Å². The van der Waals surface area contributed by atoms with Crippen LogP contribution in [0.25, 0.3) is 33.0 Å². The van der Waals surface area contributed by atoms with Gasteiger partial charge >= 0.3 is 5.69 Å².